The summed E-state index contributed by atoms with van der Waals surface area (Å²) < 4.78 is 0. The Kier molecular flexibility index (Phi) is 4.98. The SMILES string of the molecule is C#CC(C)NC(=O)c1sc(N(CC)CC)nc1N. The molecule has 0 radical (unpaired) electrons. The predicted molar refractivity (Wildman–Crippen MR) is 75.8 cm³/mol. The molecule has 0 fully saturated rings. The summed E-state index contributed by atoms with van der Waals surface area (Å²) in [6.45, 7) is 7.44. The van der Waals surface area contributed by atoms with Gasteiger partial charge in [-0.05, 0) is 20.8 Å². The van der Waals surface area contributed by atoms with Crippen LogP contribution in [-0.4, -0.2) is 30.0 Å². The second-order valence-electron chi connectivity index (χ2n) is 3.74. The van der Waals surface area contributed by atoms with E-state index < -0.39 is 0 Å². The zero-order valence-electron chi connectivity index (χ0n) is 10.9. The molecule has 0 aliphatic carbocycles. The first-order valence-electron chi connectivity index (χ1n) is 5.81. The smallest absolute Gasteiger partial charge is 0.266 e. The molecule has 1 amide bonds. The van der Waals surface area contributed by atoms with E-state index in [1.165, 1.54) is 11.3 Å². The molecule has 0 aliphatic heterocycles. The fourth-order valence-corrected chi connectivity index (χ4v) is 2.43. The number of rotatable bonds is 5. The molecular formula is C12H18N4OS. The first-order valence-corrected chi connectivity index (χ1v) is 6.63. The maximum atomic E-state index is 11.9. The van der Waals surface area contributed by atoms with Crippen LogP contribution in [0.1, 0.15) is 30.4 Å². The Labute approximate surface area is 111 Å². The van der Waals surface area contributed by atoms with Gasteiger partial charge in [-0.3, -0.25) is 4.79 Å². The molecule has 1 aromatic heterocycles. The molecule has 0 aromatic carbocycles. The molecular weight excluding hydrogens is 248 g/mol. The van der Waals surface area contributed by atoms with Crippen molar-refractivity contribution < 1.29 is 4.79 Å². The largest absolute Gasteiger partial charge is 0.382 e. The van der Waals surface area contributed by atoms with Crippen molar-refractivity contribution in [2.45, 2.75) is 26.8 Å². The number of amides is 1. The summed E-state index contributed by atoms with van der Waals surface area (Å²) in [6.07, 6.45) is 5.22. The average molecular weight is 266 g/mol. The van der Waals surface area contributed by atoms with Gasteiger partial charge in [-0.25, -0.2) is 4.98 Å². The van der Waals surface area contributed by atoms with E-state index in [0.717, 1.165) is 18.2 Å². The molecule has 0 aliphatic rings. The molecule has 0 spiro atoms. The first kappa shape index (κ1) is 14.3. The van der Waals surface area contributed by atoms with E-state index in [9.17, 15) is 4.79 Å². The van der Waals surface area contributed by atoms with E-state index >= 15 is 0 Å². The predicted octanol–water partition coefficient (Wildman–Crippen LogP) is 1.32. The van der Waals surface area contributed by atoms with Crippen molar-refractivity contribution in [1.29, 1.82) is 0 Å². The van der Waals surface area contributed by atoms with Crippen molar-refractivity contribution in [3.8, 4) is 12.3 Å². The highest BCUT2D eigenvalue weighted by Gasteiger charge is 2.19. The van der Waals surface area contributed by atoms with Gasteiger partial charge in [0.05, 0.1) is 6.04 Å². The van der Waals surface area contributed by atoms with Crippen molar-refractivity contribution in [3.63, 3.8) is 0 Å². The van der Waals surface area contributed by atoms with Crippen molar-refractivity contribution in [2.75, 3.05) is 23.7 Å². The molecule has 18 heavy (non-hydrogen) atoms. The lowest BCUT2D eigenvalue weighted by molar-refractivity contribution is 0.0953. The molecule has 1 heterocycles. The molecule has 0 saturated heterocycles. The zero-order chi connectivity index (χ0) is 13.7. The van der Waals surface area contributed by atoms with Gasteiger partial charge < -0.3 is 16.0 Å². The van der Waals surface area contributed by atoms with Gasteiger partial charge in [-0.2, -0.15) is 0 Å². The molecule has 98 valence electrons. The second kappa shape index (κ2) is 6.26. The van der Waals surface area contributed by atoms with E-state index in [4.69, 9.17) is 12.2 Å². The number of aromatic nitrogens is 1. The minimum absolute atomic E-state index is 0.253. The van der Waals surface area contributed by atoms with Crippen LogP contribution in [0.25, 0.3) is 0 Å². The number of carbonyl (C=O) groups excluding carboxylic acids is 1. The quantitative estimate of drug-likeness (QED) is 0.789. The van der Waals surface area contributed by atoms with Crippen molar-refractivity contribution in [1.82, 2.24) is 10.3 Å². The number of nitrogens with one attached hydrogen (secondary N) is 1. The van der Waals surface area contributed by atoms with Gasteiger partial charge in [0.2, 0.25) is 0 Å². The van der Waals surface area contributed by atoms with Gasteiger partial charge in [0.15, 0.2) is 5.13 Å². The van der Waals surface area contributed by atoms with Crippen LogP contribution in [-0.2, 0) is 0 Å². The average Bonchev–Trinajstić information content (AvgIpc) is 2.72. The van der Waals surface area contributed by atoms with Crippen LogP contribution in [0.4, 0.5) is 10.9 Å². The van der Waals surface area contributed by atoms with E-state index in [1.54, 1.807) is 6.92 Å². The normalized spacial score (nSPS) is 11.7. The summed E-state index contributed by atoms with van der Waals surface area (Å²) in [5.74, 6) is 2.42. The highest BCUT2D eigenvalue weighted by Crippen LogP contribution is 2.27. The van der Waals surface area contributed by atoms with Gasteiger partial charge in [0.25, 0.3) is 5.91 Å². The first-order chi connectivity index (χ1) is 8.53. The topological polar surface area (TPSA) is 71.2 Å². The Morgan fingerprint density at radius 1 is 1.61 bits per heavy atom. The summed E-state index contributed by atoms with van der Waals surface area (Å²) in [4.78, 5) is 18.6. The fraction of sp³-hybridized carbons (Fsp3) is 0.500. The van der Waals surface area contributed by atoms with Gasteiger partial charge in [-0.1, -0.05) is 17.3 Å². The Bertz CT molecular complexity index is 459. The summed E-state index contributed by atoms with van der Waals surface area (Å²) in [7, 11) is 0. The summed E-state index contributed by atoms with van der Waals surface area (Å²) in [6, 6.07) is -0.323. The number of anilines is 2. The van der Waals surface area contributed by atoms with Crippen molar-refractivity contribution in [2.24, 2.45) is 0 Å². The van der Waals surface area contributed by atoms with Crippen LogP contribution in [0.5, 0.6) is 0 Å². The molecule has 0 saturated carbocycles. The highest BCUT2D eigenvalue weighted by atomic mass is 32.1. The number of thiazole rings is 1. The maximum Gasteiger partial charge on any atom is 0.266 e. The van der Waals surface area contributed by atoms with E-state index in [1.807, 2.05) is 18.7 Å². The molecule has 5 nitrogen and oxygen atoms in total. The number of nitrogen functional groups attached to an aromatic ring is 1. The molecule has 1 atom stereocenters. The number of hydrogen-bond donors (Lipinski definition) is 2. The lowest BCUT2D eigenvalue weighted by Crippen LogP contribution is -2.31. The third kappa shape index (κ3) is 3.14. The standard InChI is InChI=1S/C12H18N4OS/c1-5-8(4)14-11(17)9-10(13)15-12(18-9)16(6-2)7-3/h1,8H,6-7,13H2,2-4H3,(H,14,17). The number of nitrogens with two attached hydrogens (primary N) is 1. The lowest BCUT2D eigenvalue weighted by atomic mass is 10.3. The van der Waals surface area contributed by atoms with Crippen LogP contribution in [0, 0.1) is 12.3 Å². The van der Waals surface area contributed by atoms with Gasteiger partial charge in [-0.15, -0.1) is 6.42 Å². The minimum atomic E-state index is -0.323. The van der Waals surface area contributed by atoms with Crippen molar-refractivity contribution >= 4 is 28.2 Å². The minimum Gasteiger partial charge on any atom is -0.382 e. The van der Waals surface area contributed by atoms with Gasteiger partial charge in [0, 0.05) is 13.1 Å². The molecule has 1 aromatic rings. The summed E-state index contributed by atoms with van der Waals surface area (Å²) in [5.41, 5.74) is 5.77. The third-order valence-electron chi connectivity index (χ3n) is 2.48. The number of carbonyl (C=O) groups is 1. The summed E-state index contributed by atoms with van der Waals surface area (Å²) >= 11 is 1.29. The molecule has 1 unspecified atom stereocenters. The van der Waals surface area contributed by atoms with Gasteiger partial charge in [0.1, 0.15) is 10.7 Å². The Hall–Kier alpha value is -1.74. The van der Waals surface area contributed by atoms with Crippen LogP contribution < -0.4 is 16.0 Å². The zero-order valence-corrected chi connectivity index (χ0v) is 11.7. The van der Waals surface area contributed by atoms with E-state index in [-0.39, 0.29) is 17.8 Å². The molecule has 3 N–H and O–H groups in total. The monoisotopic (exact) mass is 266 g/mol. The number of hydrogen-bond acceptors (Lipinski definition) is 5. The van der Waals surface area contributed by atoms with Crippen LogP contribution in [0.3, 0.4) is 0 Å². The van der Waals surface area contributed by atoms with E-state index in [0.29, 0.717) is 4.88 Å². The maximum absolute atomic E-state index is 11.9. The Morgan fingerprint density at radius 2 is 2.22 bits per heavy atom. The fourth-order valence-electron chi connectivity index (χ4n) is 1.42. The highest BCUT2D eigenvalue weighted by molar-refractivity contribution is 7.18. The second-order valence-corrected chi connectivity index (χ2v) is 4.72. The number of nitrogens with zero attached hydrogens (tertiary/aromatic N) is 2. The Morgan fingerprint density at radius 3 is 2.72 bits per heavy atom. The van der Waals surface area contributed by atoms with Crippen molar-refractivity contribution in [3.05, 3.63) is 4.88 Å². The van der Waals surface area contributed by atoms with Gasteiger partial charge >= 0.3 is 0 Å². The summed E-state index contributed by atoms with van der Waals surface area (Å²) in [5, 5.41) is 3.43. The van der Waals surface area contributed by atoms with Crippen LogP contribution >= 0.6 is 11.3 Å². The molecule has 0 bridgehead atoms. The van der Waals surface area contributed by atoms with Crippen LogP contribution in [0.15, 0.2) is 0 Å². The number of terminal acetylenes is 1. The lowest BCUT2D eigenvalue weighted by Gasteiger charge is -2.16. The van der Waals surface area contributed by atoms with E-state index in [2.05, 4.69) is 16.2 Å². The van der Waals surface area contributed by atoms with Crippen LogP contribution in [0.2, 0.25) is 0 Å². The molecule has 1 rings (SSSR count). The molecule has 6 heteroatoms. The third-order valence-corrected chi connectivity index (χ3v) is 3.61. The Balaban J connectivity index is 2.91.